The van der Waals surface area contributed by atoms with Crippen LogP contribution in [-0.2, 0) is 19.0 Å². The number of imide groups is 1. The quantitative estimate of drug-likeness (QED) is 0.116. The van der Waals surface area contributed by atoms with Crippen molar-refractivity contribution in [2.45, 2.75) is 24.5 Å². The lowest BCUT2D eigenvalue weighted by Gasteiger charge is -2.24. The molecule has 1 saturated heterocycles. The number of ether oxygens (including phenoxy) is 3. The minimum Gasteiger partial charge on any atom is -0.451 e. The van der Waals surface area contributed by atoms with Gasteiger partial charge in [-0.25, -0.2) is 29.4 Å². The monoisotopic (exact) mass is 681 g/mol. The van der Waals surface area contributed by atoms with Crippen molar-refractivity contribution in [1.82, 2.24) is 19.5 Å². The predicted molar refractivity (Wildman–Crippen MR) is 181 cm³/mol. The van der Waals surface area contributed by atoms with Crippen LogP contribution in [0, 0.1) is 0 Å². The van der Waals surface area contributed by atoms with Crippen molar-refractivity contribution in [3.63, 3.8) is 0 Å². The van der Waals surface area contributed by atoms with Crippen LogP contribution in [0.1, 0.15) is 47.7 Å². The Balaban J connectivity index is 1.31. The summed E-state index contributed by atoms with van der Waals surface area (Å²) >= 11 is 0. The van der Waals surface area contributed by atoms with Crippen LogP contribution in [0.15, 0.2) is 134 Å². The van der Waals surface area contributed by atoms with Crippen LogP contribution in [0.5, 0.6) is 0 Å². The van der Waals surface area contributed by atoms with Gasteiger partial charge >= 0.3 is 11.9 Å². The van der Waals surface area contributed by atoms with Crippen molar-refractivity contribution in [2.24, 2.45) is 0 Å². The molecule has 1 aliphatic rings. The molecule has 7 rings (SSSR count). The number of aromatic nitrogens is 4. The highest BCUT2D eigenvalue weighted by molar-refractivity contribution is 6.27. The standard InChI is InChI=1S/C38H27N5O8/c44-21-28-30(50-37(47)26-17-9-3-10-18-26)31(51-38(48)27-19-11-4-12-20-27)36(49-28)42-23-41-29-32(42)39-22-40-33(29)43(34(45)24-13-5-1-6-14-24)35(46)25-15-7-2-8-16-25/h1-23,28,30-31,36H/t28-,30-,31-,36-/m1/s1. The summed E-state index contributed by atoms with van der Waals surface area (Å²) in [6, 6.07) is 32.7. The second-order valence-electron chi connectivity index (χ2n) is 11.3. The summed E-state index contributed by atoms with van der Waals surface area (Å²) in [6.45, 7) is 0. The molecule has 0 aliphatic carbocycles. The van der Waals surface area contributed by atoms with Crippen molar-refractivity contribution >= 4 is 47.0 Å². The largest absolute Gasteiger partial charge is 0.451 e. The Labute approximate surface area is 290 Å². The lowest BCUT2D eigenvalue weighted by molar-refractivity contribution is -0.122. The molecule has 1 fully saturated rings. The highest BCUT2D eigenvalue weighted by Gasteiger charge is 2.51. The van der Waals surface area contributed by atoms with E-state index < -0.39 is 48.3 Å². The number of rotatable bonds is 9. The van der Waals surface area contributed by atoms with E-state index in [-0.39, 0.29) is 39.2 Å². The first kappa shape index (κ1) is 32.7. The minimum atomic E-state index is -1.39. The van der Waals surface area contributed by atoms with E-state index in [1.54, 1.807) is 109 Å². The maximum Gasteiger partial charge on any atom is 0.338 e. The van der Waals surface area contributed by atoms with Crippen LogP contribution in [0.4, 0.5) is 5.82 Å². The Bertz CT molecular complexity index is 2160. The van der Waals surface area contributed by atoms with Gasteiger partial charge in [-0.05, 0) is 48.5 Å². The fourth-order valence-electron chi connectivity index (χ4n) is 5.68. The van der Waals surface area contributed by atoms with Gasteiger partial charge < -0.3 is 19.0 Å². The molecule has 1 aliphatic heterocycles. The lowest BCUT2D eigenvalue weighted by Crippen LogP contribution is -2.40. The summed E-state index contributed by atoms with van der Waals surface area (Å²) < 4.78 is 19.2. The van der Waals surface area contributed by atoms with E-state index in [1.165, 1.54) is 23.0 Å². The van der Waals surface area contributed by atoms with Crippen molar-refractivity contribution in [1.29, 1.82) is 0 Å². The normalized spacial score (nSPS) is 18.1. The number of anilines is 1. The molecule has 0 saturated carbocycles. The molecule has 3 heterocycles. The van der Waals surface area contributed by atoms with Gasteiger partial charge in [0.1, 0.15) is 6.33 Å². The molecule has 2 amide bonds. The molecule has 2 aromatic heterocycles. The number of imidazole rings is 1. The first-order chi connectivity index (χ1) is 24.9. The predicted octanol–water partition coefficient (Wildman–Crippen LogP) is 4.86. The summed E-state index contributed by atoms with van der Waals surface area (Å²) in [7, 11) is 0. The molecule has 6 aromatic rings. The molecule has 13 nitrogen and oxygen atoms in total. The summed E-state index contributed by atoms with van der Waals surface area (Å²) in [5, 5.41) is 0. The SMILES string of the molecule is O=C[C@H]1O[C@@H](n2cnc3c(N(C(=O)c4ccccc4)C(=O)c4ccccc4)ncnc32)[C@H](OC(=O)c2ccccc2)[C@@H]1OC(=O)c1ccccc1. The molecule has 0 unspecified atom stereocenters. The van der Waals surface area contributed by atoms with Gasteiger partial charge in [0.05, 0.1) is 17.5 Å². The van der Waals surface area contributed by atoms with E-state index in [0.717, 1.165) is 11.2 Å². The lowest BCUT2D eigenvalue weighted by atomic mass is 10.1. The number of nitrogens with zero attached hydrogens (tertiary/aromatic N) is 5. The van der Waals surface area contributed by atoms with Crippen LogP contribution in [0.2, 0.25) is 0 Å². The van der Waals surface area contributed by atoms with E-state index in [2.05, 4.69) is 15.0 Å². The van der Waals surface area contributed by atoms with Crippen molar-refractivity contribution in [2.75, 3.05) is 4.90 Å². The van der Waals surface area contributed by atoms with Gasteiger partial charge in [0.2, 0.25) is 0 Å². The zero-order chi connectivity index (χ0) is 35.3. The second kappa shape index (κ2) is 14.3. The minimum absolute atomic E-state index is 0.0233. The maximum atomic E-state index is 14.0. The molecule has 4 atom stereocenters. The Morgan fingerprint density at radius 2 is 1.10 bits per heavy atom. The van der Waals surface area contributed by atoms with Crippen LogP contribution in [0.25, 0.3) is 11.2 Å². The third-order valence-corrected chi connectivity index (χ3v) is 8.14. The zero-order valence-electron chi connectivity index (χ0n) is 26.6. The maximum absolute atomic E-state index is 14.0. The highest BCUT2D eigenvalue weighted by atomic mass is 16.6. The highest BCUT2D eigenvalue weighted by Crippen LogP contribution is 2.37. The number of hydrogen-bond acceptors (Lipinski definition) is 11. The third kappa shape index (κ3) is 6.48. The average Bonchev–Trinajstić information content (AvgIpc) is 3.77. The van der Waals surface area contributed by atoms with E-state index in [4.69, 9.17) is 14.2 Å². The average molecular weight is 682 g/mol. The van der Waals surface area contributed by atoms with Gasteiger partial charge in [-0.2, -0.15) is 0 Å². The number of amides is 2. The molecular weight excluding hydrogens is 654 g/mol. The third-order valence-electron chi connectivity index (χ3n) is 8.14. The number of carbonyl (C=O) groups is 5. The van der Waals surface area contributed by atoms with E-state index >= 15 is 0 Å². The number of fused-ring (bicyclic) bond motifs is 1. The topological polar surface area (TPSA) is 160 Å². The summed E-state index contributed by atoms with van der Waals surface area (Å²) in [5.74, 6) is -3.00. The fourth-order valence-corrected chi connectivity index (χ4v) is 5.68. The number of esters is 2. The molecular formula is C38H27N5O8. The van der Waals surface area contributed by atoms with Crippen molar-refractivity contribution in [3.8, 4) is 0 Å². The Hall–Kier alpha value is -6.86. The first-order valence-electron chi connectivity index (χ1n) is 15.7. The van der Waals surface area contributed by atoms with Gasteiger partial charge in [0, 0.05) is 11.1 Å². The molecule has 252 valence electrons. The van der Waals surface area contributed by atoms with Crippen LogP contribution in [0.3, 0.4) is 0 Å². The fraction of sp³-hybridized carbons (Fsp3) is 0.105. The molecule has 13 heteroatoms. The van der Waals surface area contributed by atoms with Crippen molar-refractivity contribution < 1.29 is 38.2 Å². The molecule has 0 N–H and O–H groups in total. The number of benzene rings is 4. The van der Waals surface area contributed by atoms with E-state index in [0.29, 0.717) is 6.29 Å². The number of aldehydes is 1. The number of hydrogen-bond donors (Lipinski definition) is 0. The Kier molecular flexibility index (Phi) is 9.18. The van der Waals surface area contributed by atoms with E-state index in [1.807, 2.05) is 0 Å². The molecule has 0 bridgehead atoms. The van der Waals surface area contributed by atoms with Crippen molar-refractivity contribution in [3.05, 3.63) is 156 Å². The summed E-state index contributed by atoms with van der Waals surface area (Å²) in [6.07, 6.45) is -2.57. The zero-order valence-corrected chi connectivity index (χ0v) is 26.6. The first-order valence-corrected chi connectivity index (χ1v) is 15.7. The molecule has 51 heavy (non-hydrogen) atoms. The smallest absolute Gasteiger partial charge is 0.338 e. The van der Waals surface area contributed by atoms with Gasteiger partial charge in [-0.1, -0.05) is 72.8 Å². The van der Waals surface area contributed by atoms with E-state index in [9.17, 15) is 24.0 Å². The molecule has 4 aromatic carbocycles. The van der Waals surface area contributed by atoms with Crippen LogP contribution >= 0.6 is 0 Å². The molecule has 0 radical (unpaired) electrons. The number of carbonyl (C=O) groups excluding carboxylic acids is 5. The van der Waals surface area contributed by atoms with Crippen LogP contribution in [-0.4, -0.2) is 67.9 Å². The van der Waals surface area contributed by atoms with Gasteiger partial charge in [-0.15, -0.1) is 0 Å². The Morgan fingerprint density at radius 3 is 1.59 bits per heavy atom. The molecule has 0 spiro atoms. The van der Waals surface area contributed by atoms with Gasteiger partial charge in [-0.3, -0.25) is 14.2 Å². The van der Waals surface area contributed by atoms with Gasteiger partial charge in [0.15, 0.2) is 47.8 Å². The second-order valence-corrected chi connectivity index (χ2v) is 11.3. The van der Waals surface area contributed by atoms with Gasteiger partial charge in [0.25, 0.3) is 11.8 Å². The van der Waals surface area contributed by atoms with Crippen LogP contribution < -0.4 is 4.90 Å². The Morgan fingerprint density at radius 1 is 0.627 bits per heavy atom. The summed E-state index contributed by atoms with van der Waals surface area (Å²) in [4.78, 5) is 81.0. The summed E-state index contributed by atoms with van der Waals surface area (Å²) in [5.41, 5.74) is 0.935.